The molecule has 0 saturated carbocycles. The van der Waals surface area contributed by atoms with Crippen molar-refractivity contribution >= 4 is 51.4 Å². The van der Waals surface area contributed by atoms with E-state index >= 15 is 0 Å². The van der Waals surface area contributed by atoms with Crippen molar-refractivity contribution in [1.82, 2.24) is 9.58 Å². The maximum Gasteiger partial charge on any atom is 0.283 e. The van der Waals surface area contributed by atoms with Gasteiger partial charge in [-0.1, -0.05) is 25.4 Å². The molecule has 2 aromatic rings. The summed E-state index contributed by atoms with van der Waals surface area (Å²) < 4.78 is 7.31. The largest absolute Gasteiger partial charge is 0.495 e. The molecule has 0 bridgehead atoms. The van der Waals surface area contributed by atoms with E-state index in [1.54, 1.807) is 13.2 Å². The summed E-state index contributed by atoms with van der Waals surface area (Å²) in [6.07, 6.45) is 3.63. The molecular formula is C24H26ClN5O2S. The lowest BCUT2D eigenvalue weighted by Gasteiger charge is -2.20. The Morgan fingerprint density at radius 3 is 2.61 bits per heavy atom. The Morgan fingerprint density at radius 2 is 1.97 bits per heavy atom. The van der Waals surface area contributed by atoms with E-state index in [9.17, 15) is 4.79 Å². The number of carbonyl (C=O) groups excluding carboxylic acids is 1. The molecule has 1 amide bonds. The molecule has 33 heavy (non-hydrogen) atoms. The lowest BCUT2D eigenvalue weighted by molar-refractivity contribution is -0.114. The van der Waals surface area contributed by atoms with Gasteiger partial charge in [0.15, 0.2) is 5.84 Å². The summed E-state index contributed by atoms with van der Waals surface area (Å²) in [4.78, 5) is 17.1. The predicted octanol–water partition coefficient (Wildman–Crippen LogP) is 5.81. The summed E-state index contributed by atoms with van der Waals surface area (Å²) in [7, 11) is 1.58. The van der Waals surface area contributed by atoms with E-state index in [4.69, 9.17) is 21.7 Å². The second-order valence-corrected chi connectivity index (χ2v) is 9.35. The molecule has 1 N–H and O–H groups in total. The van der Waals surface area contributed by atoms with Gasteiger partial charge < -0.3 is 9.30 Å². The average Bonchev–Trinajstić information content (AvgIpc) is 3.32. The minimum absolute atomic E-state index is 0.0516. The molecule has 0 saturated heterocycles. The zero-order chi connectivity index (χ0) is 23.9. The molecule has 4 rings (SSSR count). The van der Waals surface area contributed by atoms with Crippen molar-refractivity contribution in [2.45, 2.75) is 40.5 Å². The number of amidine groups is 2. The second kappa shape index (κ2) is 9.19. The van der Waals surface area contributed by atoms with Gasteiger partial charge in [-0.05, 0) is 74.4 Å². The van der Waals surface area contributed by atoms with Gasteiger partial charge in [0, 0.05) is 23.0 Å². The van der Waals surface area contributed by atoms with Gasteiger partial charge in [-0.25, -0.2) is 0 Å². The summed E-state index contributed by atoms with van der Waals surface area (Å²) in [6.45, 7) is 8.19. The molecule has 0 atom stereocenters. The van der Waals surface area contributed by atoms with E-state index in [1.165, 1.54) is 16.8 Å². The van der Waals surface area contributed by atoms with E-state index in [1.807, 2.05) is 38.1 Å². The summed E-state index contributed by atoms with van der Waals surface area (Å²) in [5, 5.41) is 16.6. The van der Waals surface area contributed by atoms with Crippen LogP contribution in [0.4, 0.5) is 0 Å². The third-order valence-electron chi connectivity index (χ3n) is 5.97. The highest BCUT2D eigenvalue weighted by Gasteiger charge is 2.37. The number of fused-ring (bicyclic) bond motifs is 1. The van der Waals surface area contributed by atoms with Crippen LogP contribution in [0.2, 0.25) is 5.02 Å². The maximum absolute atomic E-state index is 12.8. The molecule has 0 radical (unpaired) electrons. The fourth-order valence-electron chi connectivity index (χ4n) is 4.09. The standard InChI is InChI=1S/C24H26ClN5O2S/c1-6-15(7-2)23-28-30-21(26)18(22(31)27-24(30)33-23)11-16-10-13(3)29(14(16)4)17-8-9-20(32-5)19(25)12-17/h8-12,15,26H,6-7H2,1-5H3/b18-11+,26-21?. The van der Waals surface area contributed by atoms with E-state index < -0.39 is 5.91 Å². The lowest BCUT2D eigenvalue weighted by atomic mass is 10.1. The van der Waals surface area contributed by atoms with Gasteiger partial charge in [-0.3, -0.25) is 10.2 Å². The number of amides is 1. The third kappa shape index (κ3) is 4.13. The van der Waals surface area contributed by atoms with Crippen LogP contribution in [-0.4, -0.2) is 38.6 Å². The van der Waals surface area contributed by atoms with Crippen molar-refractivity contribution in [3.63, 3.8) is 0 Å². The fraction of sp³-hybridized carbons (Fsp3) is 0.333. The summed E-state index contributed by atoms with van der Waals surface area (Å²) >= 11 is 7.72. The van der Waals surface area contributed by atoms with Gasteiger partial charge in [-0.2, -0.15) is 15.1 Å². The molecule has 7 nitrogen and oxygen atoms in total. The summed E-state index contributed by atoms with van der Waals surface area (Å²) in [5.74, 6) is 0.540. The molecule has 3 heterocycles. The van der Waals surface area contributed by atoms with Gasteiger partial charge in [-0.15, -0.1) is 0 Å². The predicted molar refractivity (Wildman–Crippen MR) is 136 cm³/mol. The number of hydrazone groups is 1. The number of aromatic nitrogens is 1. The zero-order valence-corrected chi connectivity index (χ0v) is 20.8. The number of hydrogen-bond acceptors (Lipinski definition) is 5. The molecule has 0 fully saturated rings. The van der Waals surface area contributed by atoms with E-state index in [0.717, 1.165) is 40.5 Å². The van der Waals surface area contributed by atoms with Crippen LogP contribution in [0.25, 0.3) is 11.8 Å². The number of thioether (sulfide) groups is 1. The van der Waals surface area contributed by atoms with E-state index in [0.29, 0.717) is 21.9 Å². The highest BCUT2D eigenvalue weighted by atomic mass is 35.5. The molecule has 2 aliphatic heterocycles. The fourth-order valence-corrected chi connectivity index (χ4v) is 5.50. The van der Waals surface area contributed by atoms with Crippen molar-refractivity contribution in [3.8, 4) is 11.4 Å². The van der Waals surface area contributed by atoms with Gasteiger partial charge in [0.2, 0.25) is 5.17 Å². The number of benzene rings is 1. The Balaban J connectivity index is 1.71. The topological polar surface area (TPSA) is 83.0 Å². The number of ether oxygens (including phenoxy) is 1. The third-order valence-corrected chi connectivity index (χ3v) is 7.33. The van der Waals surface area contributed by atoms with Crippen LogP contribution in [0.3, 0.4) is 0 Å². The van der Waals surface area contributed by atoms with Crippen molar-refractivity contribution < 1.29 is 9.53 Å². The Labute approximate surface area is 202 Å². The van der Waals surface area contributed by atoms with Crippen LogP contribution in [0, 0.1) is 25.2 Å². The first-order chi connectivity index (χ1) is 15.8. The van der Waals surface area contributed by atoms with Crippen molar-refractivity contribution in [2.75, 3.05) is 7.11 Å². The Bertz CT molecular complexity index is 1240. The van der Waals surface area contributed by atoms with Crippen LogP contribution >= 0.6 is 23.4 Å². The summed E-state index contributed by atoms with van der Waals surface area (Å²) in [5.41, 5.74) is 3.85. The number of aliphatic imine (C=N–C) groups is 1. The molecule has 0 spiro atoms. The van der Waals surface area contributed by atoms with E-state index in [-0.39, 0.29) is 11.4 Å². The van der Waals surface area contributed by atoms with Gasteiger partial charge in [0.05, 0.1) is 17.7 Å². The van der Waals surface area contributed by atoms with Gasteiger partial charge in [0.1, 0.15) is 10.8 Å². The van der Waals surface area contributed by atoms with Crippen LogP contribution in [0.5, 0.6) is 5.75 Å². The number of aryl methyl sites for hydroxylation is 1. The maximum atomic E-state index is 12.8. The second-order valence-electron chi connectivity index (χ2n) is 7.95. The van der Waals surface area contributed by atoms with Gasteiger partial charge >= 0.3 is 0 Å². The molecule has 1 aromatic carbocycles. The van der Waals surface area contributed by atoms with Crippen LogP contribution in [-0.2, 0) is 4.79 Å². The highest BCUT2D eigenvalue weighted by Crippen LogP contribution is 2.34. The highest BCUT2D eigenvalue weighted by molar-refractivity contribution is 8.27. The quantitative estimate of drug-likeness (QED) is 0.525. The van der Waals surface area contributed by atoms with Crippen molar-refractivity contribution in [1.29, 1.82) is 5.41 Å². The lowest BCUT2D eigenvalue weighted by Crippen LogP contribution is -2.35. The summed E-state index contributed by atoms with van der Waals surface area (Å²) in [6, 6.07) is 7.59. The molecule has 0 unspecified atom stereocenters. The van der Waals surface area contributed by atoms with E-state index in [2.05, 4.69) is 28.5 Å². The monoisotopic (exact) mass is 483 g/mol. The molecule has 2 aliphatic rings. The number of carbonyl (C=O) groups is 1. The first-order valence-electron chi connectivity index (χ1n) is 10.8. The first-order valence-corrected chi connectivity index (χ1v) is 12.0. The van der Waals surface area contributed by atoms with Crippen LogP contribution in [0.1, 0.15) is 43.6 Å². The number of nitrogens with one attached hydrogen (secondary N) is 1. The molecule has 0 aliphatic carbocycles. The van der Waals surface area contributed by atoms with Crippen LogP contribution < -0.4 is 4.74 Å². The minimum atomic E-state index is -0.419. The molecular weight excluding hydrogens is 458 g/mol. The number of hydrogen-bond donors (Lipinski definition) is 1. The molecule has 9 heteroatoms. The van der Waals surface area contributed by atoms with Crippen LogP contribution in [0.15, 0.2) is 39.9 Å². The number of halogens is 1. The first kappa shape index (κ1) is 23.3. The number of rotatable bonds is 6. The minimum Gasteiger partial charge on any atom is -0.495 e. The average molecular weight is 484 g/mol. The molecule has 172 valence electrons. The van der Waals surface area contributed by atoms with Gasteiger partial charge in [0.25, 0.3) is 5.91 Å². The number of nitrogens with zero attached hydrogens (tertiary/aromatic N) is 4. The Kier molecular flexibility index (Phi) is 6.50. The van der Waals surface area contributed by atoms with Crippen molar-refractivity contribution in [2.24, 2.45) is 16.0 Å². The Morgan fingerprint density at radius 1 is 1.24 bits per heavy atom. The van der Waals surface area contributed by atoms with Crippen molar-refractivity contribution in [3.05, 3.63) is 51.8 Å². The molecule has 1 aromatic heterocycles. The normalized spacial score (nSPS) is 17.1. The number of methoxy groups -OCH3 is 1. The SMILES string of the molecule is CCC(CC)C1=NN2C(=N)/C(=C\c3cc(C)n(-c4ccc(OC)c(Cl)c4)c3C)C(=O)N=C2S1. The zero-order valence-electron chi connectivity index (χ0n) is 19.3. The smallest absolute Gasteiger partial charge is 0.283 e. The Hall–Kier alpha value is -2.84.